The molecule has 0 radical (unpaired) electrons. The molecule has 0 aliphatic carbocycles. The zero-order chi connectivity index (χ0) is 11.9. The molecule has 0 aliphatic heterocycles. The van der Waals surface area contributed by atoms with Gasteiger partial charge >= 0.3 is 5.97 Å². The molecule has 84 valence electrons. The fraction of sp³-hybridized carbons (Fsp3) is 0.333. The second-order valence-electron chi connectivity index (χ2n) is 3.39. The van der Waals surface area contributed by atoms with Crippen molar-refractivity contribution in [1.82, 2.24) is 14.7 Å². The first-order chi connectivity index (χ1) is 7.50. The van der Waals surface area contributed by atoms with Crippen LogP contribution in [0.5, 0.6) is 0 Å². The first-order valence-corrected chi connectivity index (χ1v) is 4.56. The lowest BCUT2D eigenvalue weighted by atomic mass is 10.3. The molecule has 0 aromatic carbocycles. The third kappa shape index (κ3) is 1.46. The molecule has 0 aliphatic rings. The molecule has 0 saturated heterocycles. The number of carbonyl (C=O) groups is 1. The molecule has 0 saturated carbocycles. The van der Waals surface area contributed by atoms with E-state index in [0.29, 0.717) is 5.69 Å². The Morgan fingerprint density at radius 3 is 2.81 bits per heavy atom. The molecule has 2 aromatic rings. The highest BCUT2D eigenvalue weighted by Crippen LogP contribution is 2.11. The molecule has 0 bridgehead atoms. The lowest BCUT2D eigenvalue weighted by Gasteiger charge is -2.04. The minimum absolute atomic E-state index is 0.140. The van der Waals surface area contributed by atoms with Crippen LogP contribution >= 0.6 is 0 Å². The number of aliphatic carboxylic acids is 1. The van der Waals surface area contributed by atoms with E-state index in [2.05, 4.69) is 10.1 Å². The van der Waals surface area contributed by atoms with Gasteiger partial charge < -0.3 is 9.63 Å². The molecule has 2 aromatic heterocycles. The Morgan fingerprint density at radius 1 is 1.50 bits per heavy atom. The van der Waals surface area contributed by atoms with Gasteiger partial charge in [0.25, 0.3) is 11.3 Å². The van der Waals surface area contributed by atoms with Crippen LogP contribution in [0.3, 0.4) is 0 Å². The molecule has 1 N–H and O–H groups in total. The fourth-order valence-corrected chi connectivity index (χ4v) is 1.49. The van der Waals surface area contributed by atoms with Gasteiger partial charge in [0, 0.05) is 0 Å². The summed E-state index contributed by atoms with van der Waals surface area (Å²) in [6, 6.07) is 0. The molecule has 0 fully saturated rings. The van der Waals surface area contributed by atoms with Crippen LogP contribution in [-0.2, 0) is 11.3 Å². The highest BCUT2D eigenvalue weighted by molar-refractivity contribution is 5.75. The van der Waals surface area contributed by atoms with E-state index in [1.54, 1.807) is 13.8 Å². The minimum atomic E-state index is -1.10. The molecule has 2 heterocycles. The third-order valence-electron chi connectivity index (χ3n) is 2.25. The maximum absolute atomic E-state index is 11.9. The number of hydrogen-bond donors (Lipinski definition) is 1. The summed E-state index contributed by atoms with van der Waals surface area (Å²) in [6.07, 6.45) is 0. The van der Waals surface area contributed by atoms with E-state index in [4.69, 9.17) is 9.63 Å². The van der Waals surface area contributed by atoms with Crippen LogP contribution in [0.1, 0.15) is 11.5 Å². The molecule has 2 rings (SSSR count). The van der Waals surface area contributed by atoms with E-state index in [1.807, 2.05) is 0 Å². The summed E-state index contributed by atoms with van der Waals surface area (Å²) in [5.74, 6) is -0.809. The molecule has 7 heteroatoms. The molecule has 0 unspecified atom stereocenters. The van der Waals surface area contributed by atoms with Crippen LogP contribution in [0, 0.1) is 13.8 Å². The number of aryl methyl sites for hydroxylation is 2. The quantitative estimate of drug-likeness (QED) is 0.774. The molecular weight excluding hydrogens is 214 g/mol. The lowest BCUT2D eigenvalue weighted by Crippen LogP contribution is -2.27. The lowest BCUT2D eigenvalue weighted by molar-refractivity contribution is -0.137. The van der Waals surface area contributed by atoms with E-state index in [-0.39, 0.29) is 16.9 Å². The van der Waals surface area contributed by atoms with Crippen LogP contribution in [-0.4, -0.2) is 25.8 Å². The number of aromatic nitrogens is 3. The van der Waals surface area contributed by atoms with Gasteiger partial charge in [-0.25, -0.2) is 0 Å². The maximum Gasteiger partial charge on any atom is 0.323 e. The summed E-state index contributed by atoms with van der Waals surface area (Å²) in [5.41, 5.74) is 0.108. The number of carboxylic acids is 1. The molecule has 16 heavy (non-hydrogen) atoms. The highest BCUT2D eigenvalue weighted by atomic mass is 16.5. The normalized spacial score (nSPS) is 10.9. The number of carboxylic acid groups (broad SMARTS) is 1. The monoisotopic (exact) mass is 223 g/mol. The smallest absolute Gasteiger partial charge is 0.323 e. The average molecular weight is 223 g/mol. The van der Waals surface area contributed by atoms with E-state index < -0.39 is 18.1 Å². The van der Waals surface area contributed by atoms with E-state index in [1.165, 1.54) is 0 Å². The van der Waals surface area contributed by atoms with Crippen molar-refractivity contribution in [2.45, 2.75) is 20.4 Å². The second kappa shape index (κ2) is 3.44. The molecule has 0 atom stereocenters. The maximum atomic E-state index is 11.9. The number of hydrogen-bond acceptors (Lipinski definition) is 5. The molecular formula is C9H9N3O4. The predicted molar refractivity (Wildman–Crippen MR) is 53.2 cm³/mol. The van der Waals surface area contributed by atoms with Crippen molar-refractivity contribution in [1.29, 1.82) is 0 Å². The van der Waals surface area contributed by atoms with E-state index in [9.17, 15) is 9.59 Å². The van der Waals surface area contributed by atoms with Crippen molar-refractivity contribution in [2.75, 3.05) is 0 Å². The van der Waals surface area contributed by atoms with Gasteiger partial charge in [-0.1, -0.05) is 5.16 Å². The van der Waals surface area contributed by atoms with Gasteiger partial charge in [-0.15, -0.1) is 0 Å². The Balaban J connectivity index is 2.79. The fourth-order valence-electron chi connectivity index (χ4n) is 1.49. The summed E-state index contributed by atoms with van der Waals surface area (Å²) in [4.78, 5) is 26.5. The van der Waals surface area contributed by atoms with Gasteiger partial charge in [0.05, 0.1) is 5.69 Å². The minimum Gasteiger partial charge on any atom is -0.480 e. The zero-order valence-corrected chi connectivity index (χ0v) is 8.72. The zero-order valence-electron chi connectivity index (χ0n) is 8.72. The van der Waals surface area contributed by atoms with Crippen molar-refractivity contribution < 1.29 is 14.4 Å². The largest absolute Gasteiger partial charge is 0.480 e. The van der Waals surface area contributed by atoms with Crippen LogP contribution in [0.4, 0.5) is 0 Å². The van der Waals surface area contributed by atoms with Crippen molar-refractivity contribution in [3.05, 3.63) is 21.9 Å². The van der Waals surface area contributed by atoms with Crippen molar-refractivity contribution in [3.63, 3.8) is 0 Å². The summed E-state index contributed by atoms with van der Waals surface area (Å²) < 4.78 is 5.93. The summed E-state index contributed by atoms with van der Waals surface area (Å²) >= 11 is 0. The van der Waals surface area contributed by atoms with Gasteiger partial charge in [0.2, 0.25) is 0 Å². The average Bonchev–Trinajstić information content (AvgIpc) is 2.54. The van der Waals surface area contributed by atoms with Crippen molar-refractivity contribution in [3.8, 4) is 0 Å². The predicted octanol–water partition coefficient (Wildman–Crippen LogP) is 0.0859. The highest BCUT2D eigenvalue weighted by Gasteiger charge is 2.15. The Bertz CT molecular complexity index is 625. The van der Waals surface area contributed by atoms with Gasteiger partial charge in [0.15, 0.2) is 0 Å². The Morgan fingerprint density at radius 2 is 2.19 bits per heavy atom. The Kier molecular flexibility index (Phi) is 2.22. The first kappa shape index (κ1) is 10.3. The van der Waals surface area contributed by atoms with Gasteiger partial charge in [0.1, 0.15) is 17.8 Å². The summed E-state index contributed by atoms with van der Waals surface area (Å²) in [6.45, 7) is 2.73. The van der Waals surface area contributed by atoms with Gasteiger partial charge in [-0.05, 0) is 13.8 Å². The second-order valence-corrected chi connectivity index (χ2v) is 3.39. The molecule has 0 spiro atoms. The number of fused-ring (bicyclic) bond motifs is 1. The Labute approximate surface area is 89.3 Å². The Hall–Kier alpha value is -2.18. The van der Waals surface area contributed by atoms with E-state index >= 15 is 0 Å². The topological polar surface area (TPSA) is 98.2 Å². The number of nitrogens with zero attached hydrogens (tertiary/aromatic N) is 3. The van der Waals surface area contributed by atoms with Crippen LogP contribution in [0.25, 0.3) is 11.1 Å². The van der Waals surface area contributed by atoms with Gasteiger partial charge in [-0.3, -0.25) is 14.2 Å². The first-order valence-electron chi connectivity index (χ1n) is 4.56. The summed E-state index contributed by atoms with van der Waals surface area (Å²) in [5, 5.41) is 12.5. The van der Waals surface area contributed by atoms with E-state index in [0.717, 1.165) is 4.57 Å². The summed E-state index contributed by atoms with van der Waals surface area (Å²) in [7, 11) is 0. The molecule has 7 nitrogen and oxygen atoms in total. The van der Waals surface area contributed by atoms with Crippen molar-refractivity contribution >= 4 is 17.1 Å². The molecule has 0 amide bonds. The SMILES string of the molecule is Cc1noc2nc(C)n(CC(=O)O)c(=O)c12. The standard InChI is InChI=1S/C9H9N3O4/c1-4-7-8(16-11-4)10-5(2)12(9(7)15)3-6(13)14/h3H2,1-2H3,(H,13,14). The van der Waals surface area contributed by atoms with Gasteiger partial charge in [-0.2, -0.15) is 4.98 Å². The number of rotatable bonds is 2. The third-order valence-corrected chi connectivity index (χ3v) is 2.25. The van der Waals surface area contributed by atoms with Crippen LogP contribution < -0.4 is 5.56 Å². The van der Waals surface area contributed by atoms with Crippen molar-refractivity contribution in [2.24, 2.45) is 0 Å². The van der Waals surface area contributed by atoms with Crippen LogP contribution in [0.2, 0.25) is 0 Å². The van der Waals surface area contributed by atoms with Crippen LogP contribution in [0.15, 0.2) is 9.32 Å².